The maximum atomic E-state index is 12.8. The Labute approximate surface area is 200 Å². The number of hydrogen-bond acceptors (Lipinski definition) is 6. The third kappa shape index (κ3) is 6.24. The van der Waals surface area contributed by atoms with Gasteiger partial charge in [0, 0.05) is 27.1 Å². The fourth-order valence-corrected chi connectivity index (χ4v) is 5.71. The molecular weight excluding hydrogens is 458 g/mol. The molecule has 1 aliphatic carbocycles. The predicted octanol–water partition coefficient (Wildman–Crippen LogP) is 4.83. The number of carboxylic acids is 1. The number of aliphatic carboxylic acids is 1. The van der Waals surface area contributed by atoms with Crippen molar-refractivity contribution in [1.29, 1.82) is 5.26 Å². The summed E-state index contributed by atoms with van der Waals surface area (Å²) in [6.45, 7) is 5.35. The van der Waals surface area contributed by atoms with Gasteiger partial charge in [-0.25, -0.2) is 4.79 Å². The average molecular weight is 484 g/mol. The van der Waals surface area contributed by atoms with Crippen LogP contribution < -0.4 is 10.6 Å². The molecule has 0 bridgehead atoms. The highest BCUT2D eigenvalue weighted by Gasteiger charge is 2.25. The number of carboxylic acid groups (broad SMARTS) is 1. The second kappa shape index (κ2) is 10.7. The number of thioether (sulfide) groups is 1. The Kier molecular flexibility index (Phi) is 7.95. The van der Waals surface area contributed by atoms with Crippen molar-refractivity contribution in [2.75, 3.05) is 10.6 Å². The first-order chi connectivity index (χ1) is 15.7. The summed E-state index contributed by atoms with van der Waals surface area (Å²) in [6, 6.07) is 9.22. The van der Waals surface area contributed by atoms with Gasteiger partial charge in [-0.15, -0.1) is 23.1 Å². The summed E-state index contributed by atoms with van der Waals surface area (Å²) in [5.74, 6) is -1.26. The van der Waals surface area contributed by atoms with E-state index in [0.29, 0.717) is 22.2 Å². The van der Waals surface area contributed by atoms with Gasteiger partial charge in [-0.05, 0) is 68.9 Å². The Balaban J connectivity index is 1.60. The Morgan fingerprint density at radius 2 is 1.97 bits per heavy atom. The molecule has 0 saturated carbocycles. The van der Waals surface area contributed by atoms with Crippen LogP contribution in [0.3, 0.4) is 0 Å². The van der Waals surface area contributed by atoms with Gasteiger partial charge in [-0.3, -0.25) is 9.59 Å². The van der Waals surface area contributed by atoms with E-state index in [1.54, 1.807) is 31.2 Å². The molecule has 0 saturated heterocycles. The van der Waals surface area contributed by atoms with Crippen molar-refractivity contribution in [2.45, 2.75) is 50.2 Å². The molecule has 0 aliphatic heterocycles. The van der Waals surface area contributed by atoms with Crippen LogP contribution in [0.2, 0.25) is 0 Å². The first kappa shape index (κ1) is 24.6. The zero-order valence-electron chi connectivity index (χ0n) is 18.6. The van der Waals surface area contributed by atoms with E-state index in [2.05, 4.69) is 23.6 Å². The summed E-state index contributed by atoms with van der Waals surface area (Å²) in [5.41, 5.74) is 2.15. The normalized spacial score (nSPS) is 16.3. The zero-order chi connectivity index (χ0) is 24.1. The van der Waals surface area contributed by atoms with E-state index in [9.17, 15) is 19.6 Å². The molecule has 172 valence electrons. The zero-order valence-corrected chi connectivity index (χ0v) is 20.2. The fraction of sp³-hybridized carbons (Fsp3) is 0.333. The lowest BCUT2D eigenvalue weighted by atomic mass is 9.89. The minimum Gasteiger partial charge on any atom is -0.478 e. The van der Waals surface area contributed by atoms with Gasteiger partial charge in [-0.2, -0.15) is 5.26 Å². The van der Waals surface area contributed by atoms with E-state index in [-0.39, 0.29) is 11.5 Å². The van der Waals surface area contributed by atoms with Gasteiger partial charge in [0.1, 0.15) is 11.1 Å². The highest BCUT2D eigenvalue weighted by atomic mass is 32.2. The predicted molar refractivity (Wildman–Crippen MR) is 131 cm³/mol. The van der Waals surface area contributed by atoms with Gasteiger partial charge < -0.3 is 15.7 Å². The summed E-state index contributed by atoms with van der Waals surface area (Å²) in [5, 5.41) is 24.2. The smallest absolute Gasteiger partial charge is 0.331 e. The molecule has 0 fully saturated rings. The van der Waals surface area contributed by atoms with E-state index in [1.807, 2.05) is 0 Å². The third-order valence-electron chi connectivity index (χ3n) is 5.35. The van der Waals surface area contributed by atoms with Gasteiger partial charge in [0.15, 0.2) is 0 Å². The Morgan fingerprint density at radius 3 is 2.61 bits per heavy atom. The Bertz CT molecular complexity index is 1150. The van der Waals surface area contributed by atoms with Crippen molar-refractivity contribution in [1.82, 2.24) is 0 Å². The van der Waals surface area contributed by atoms with Gasteiger partial charge in [-0.1, -0.05) is 6.92 Å². The highest BCUT2D eigenvalue weighted by molar-refractivity contribution is 8.00. The first-order valence-electron chi connectivity index (χ1n) is 10.5. The average Bonchev–Trinajstić information content (AvgIpc) is 3.10. The topological polar surface area (TPSA) is 119 Å². The molecule has 2 unspecified atom stereocenters. The molecule has 3 rings (SSSR count). The standard InChI is InChI=1S/C24H25N3O4S2/c1-13-4-9-18-19(12-25)23(33-20(18)10-13)27-22(29)15(3)32-17-7-5-16(6-8-17)26-21(28)11-14(2)24(30)31/h5-8,11,13,15H,4,9-10H2,1-3H3,(H,26,28)(H,27,29)(H,30,31). The minimum absolute atomic E-state index is 0.0554. The van der Waals surface area contributed by atoms with Gasteiger partial charge >= 0.3 is 5.97 Å². The molecule has 1 aromatic heterocycles. The lowest BCUT2D eigenvalue weighted by Gasteiger charge is -2.17. The van der Waals surface area contributed by atoms with Crippen LogP contribution in [-0.4, -0.2) is 28.1 Å². The van der Waals surface area contributed by atoms with Crippen LogP contribution in [0, 0.1) is 17.2 Å². The highest BCUT2D eigenvalue weighted by Crippen LogP contribution is 2.39. The number of hydrogen-bond donors (Lipinski definition) is 3. The van der Waals surface area contributed by atoms with Crippen LogP contribution in [0.15, 0.2) is 40.8 Å². The number of nitrogens with zero attached hydrogens (tertiary/aromatic N) is 1. The quantitative estimate of drug-likeness (QED) is 0.383. The first-order valence-corrected chi connectivity index (χ1v) is 12.2. The Hall–Kier alpha value is -3.09. The number of carbonyl (C=O) groups is 3. The second-order valence-electron chi connectivity index (χ2n) is 8.06. The van der Waals surface area contributed by atoms with Crippen molar-refractivity contribution in [3.05, 3.63) is 51.9 Å². The number of amides is 2. The molecular formula is C24H25N3O4S2. The van der Waals surface area contributed by atoms with Crippen molar-refractivity contribution < 1.29 is 19.5 Å². The van der Waals surface area contributed by atoms with E-state index in [4.69, 9.17) is 5.11 Å². The van der Waals surface area contributed by atoms with E-state index in [0.717, 1.165) is 35.8 Å². The number of nitriles is 1. The molecule has 1 heterocycles. The summed E-state index contributed by atoms with van der Waals surface area (Å²) in [4.78, 5) is 37.5. The molecule has 2 atom stereocenters. The molecule has 2 aromatic rings. The number of nitrogens with one attached hydrogen (secondary N) is 2. The Morgan fingerprint density at radius 1 is 1.27 bits per heavy atom. The number of carbonyl (C=O) groups excluding carboxylic acids is 2. The summed E-state index contributed by atoms with van der Waals surface area (Å²) in [6.07, 6.45) is 3.91. The largest absolute Gasteiger partial charge is 0.478 e. The maximum absolute atomic E-state index is 12.8. The van der Waals surface area contributed by atoms with Gasteiger partial charge in [0.2, 0.25) is 11.8 Å². The molecule has 1 aliphatic rings. The van der Waals surface area contributed by atoms with Gasteiger partial charge in [0.05, 0.1) is 10.8 Å². The van der Waals surface area contributed by atoms with Crippen LogP contribution in [0.1, 0.15) is 43.2 Å². The molecule has 7 nitrogen and oxygen atoms in total. The molecule has 3 N–H and O–H groups in total. The minimum atomic E-state index is -1.15. The fourth-order valence-electron chi connectivity index (χ4n) is 3.48. The number of fused-ring (bicyclic) bond motifs is 1. The van der Waals surface area contributed by atoms with Crippen LogP contribution in [-0.2, 0) is 27.2 Å². The van der Waals surface area contributed by atoms with Crippen LogP contribution >= 0.6 is 23.1 Å². The maximum Gasteiger partial charge on any atom is 0.331 e. The number of thiophene rings is 1. The molecule has 0 radical (unpaired) electrons. The number of anilines is 2. The van der Waals surface area contributed by atoms with E-state index >= 15 is 0 Å². The van der Waals surface area contributed by atoms with Crippen molar-refractivity contribution in [3.63, 3.8) is 0 Å². The monoisotopic (exact) mass is 483 g/mol. The second-order valence-corrected chi connectivity index (χ2v) is 10.6. The van der Waals surface area contributed by atoms with Crippen molar-refractivity contribution in [3.8, 4) is 6.07 Å². The molecule has 0 spiro atoms. The van der Waals surface area contributed by atoms with Crippen LogP contribution in [0.4, 0.5) is 10.7 Å². The van der Waals surface area contributed by atoms with Crippen LogP contribution in [0.25, 0.3) is 0 Å². The number of rotatable bonds is 7. The molecule has 9 heteroatoms. The van der Waals surface area contributed by atoms with Crippen molar-refractivity contribution >= 4 is 51.6 Å². The lowest BCUT2D eigenvalue weighted by Crippen LogP contribution is -2.22. The SMILES string of the molecule is CC(=CC(=O)Nc1ccc(SC(C)C(=O)Nc2sc3c(c2C#N)CCC(C)C3)cc1)C(=O)O. The molecule has 1 aromatic carbocycles. The molecule has 2 amide bonds. The third-order valence-corrected chi connectivity index (χ3v) is 7.63. The molecule has 33 heavy (non-hydrogen) atoms. The summed E-state index contributed by atoms with van der Waals surface area (Å²) < 4.78 is 0. The number of benzene rings is 1. The van der Waals surface area contributed by atoms with E-state index < -0.39 is 17.1 Å². The summed E-state index contributed by atoms with van der Waals surface area (Å²) in [7, 11) is 0. The van der Waals surface area contributed by atoms with Gasteiger partial charge in [0.25, 0.3) is 0 Å². The van der Waals surface area contributed by atoms with Crippen LogP contribution in [0.5, 0.6) is 0 Å². The summed E-state index contributed by atoms with van der Waals surface area (Å²) >= 11 is 2.88. The van der Waals surface area contributed by atoms with Crippen molar-refractivity contribution in [2.24, 2.45) is 5.92 Å². The lowest BCUT2D eigenvalue weighted by molar-refractivity contribution is -0.132. The van der Waals surface area contributed by atoms with E-state index in [1.165, 1.54) is 34.9 Å².